The predicted octanol–water partition coefficient (Wildman–Crippen LogP) is 0.457. The number of rotatable bonds is 6. The first-order chi connectivity index (χ1) is 13.4. The monoisotopic (exact) mass is 556 g/mol. The van der Waals surface area contributed by atoms with Crippen LogP contribution >= 0.6 is 7.92 Å². The van der Waals surface area contributed by atoms with E-state index in [1.54, 1.807) is 18.2 Å². The van der Waals surface area contributed by atoms with Crippen LogP contribution in [-0.4, -0.2) is 48.2 Å². The second kappa shape index (κ2) is 9.89. The first kappa shape index (κ1) is 22.9. The number of hydrogen-bond acceptors (Lipinski definition) is 6. The summed E-state index contributed by atoms with van der Waals surface area (Å²) in [5, 5.41) is 27.7. The fourth-order valence-corrected chi connectivity index (χ4v) is 4.75. The van der Waals surface area contributed by atoms with E-state index in [-0.39, 0.29) is 57.0 Å². The molecular weight excluding hydrogens is 542 g/mol. The molecule has 3 rings (SSSR count). The van der Waals surface area contributed by atoms with Crippen molar-refractivity contribution in [1.82, 2.24) is 15.0 Å². The standard InChI is InChI=1S/C18H12N3O6P.Gd/c22-16(23)10-4-1-7-13(19-10)28(14-8-2-5-11(20-14)17(24)25)15-9-3-6-12(21-15)18(26)27;/h1-9H,(H,22,23)(H,24,25)(H,26,27);/p+1. The Balaban J connectivity index is 0.00000300. The summed E-state index contributed by atoms with van der Waals surface area (Å²) >= 11 is 0. The second-order valence-electron chi connectivity index (χ2n) is 5.51. The predicted molar refractivity (Wildman–Crippen MR) is 101 cm³/mol. The van der Waals surface area contributed by atoms with E-state index in [1.165, 1.54) is 36.4 Å². The summed E-state index contributed by atoms with van der Waals surface area (Å²) in [6.45, 7) is 0. The molecule has 0 aliphatic heterocycles. The summed E-state index contributed by atoms with van der Waals surface area (Å²) in [5.74, 6) is -3.66. The van der Waals surface area contributed by atoms with Gasteiger partial charge in [-0.1, -0.05) is 18.2 Å². The third kappa shape index (κ3) is 5.36. The molecule has 3 aromatic rings. The average molecular weight is 556 g/mol. The molecule has 3 heterocycles. The Morgan fingerprint density at radius 3 is 1.10 bits per heavy atom. The number of aromatic carboxylic acids is 3. The Labute approximate surface area is 197 Å². The van der Waals surface area contributed by atoms with Gasteiger partial charge in [0.1, 0.15) is 0 Å². The van der Waals surface area contributed by atoms with Gasteiger partial charge in [-0.05, 0) is 18.2 Å². The molecule has 0 radical (unpaired) electrons. The molecule has 9 nitrogen and oxygen atoms in total. The molecule has 0 saturated heterocycles. The minimum absolute atomic E-state index is 0. The summed E-state index contributed by atoms with van der Waals surface area (Å²) in [7, 11) is -2.17. The van der Waals surface area contributed by atoms with Crippen molar-refractivity contribution < 1.29 is 69.6 Å². The quantitative estimate of drug-likeness (QED) is 0.369. The van der Waals surface area contributed by atoms with E-state index in [2.05, 4.69) is 15.0 Å². The van der Waals surface area contributed by atoms with Crippen LogP contribution in [0.5, 0.6) is 0 Å². The first-order valence-corrected chi connectivity index (χ1v) is 9.36. The molecule has 0 atom stereocenters. The molecule has 29 heavy (non-hydrogen) atoms. The SMILES string of the molecule is O=C(O)c1cccc([PH+](c2cccc(C(=O)O)n2)c2cccc(C(=O)O)n2)n1.[Gd]. The number of aromatic nitrogens is 3. The molecule has 3 aromatic heterocycles. The van der Waals surface area contributed by atoms with E-state index in [1.807, 2.05) is 0 Å². The van der Waals surface area contributed by atoms with Crippen molar-refractivity contribution in [1.29, 1.82) is 0 Å². The normalized spacial score (nSPS) is 10.2. The minimum Gasteiger partial charge on any atom is -0.477 e. The Morgan fingerprint density at radius 2 is 0.862 bits per heavy atom. The zero-order chi connectivity index (χ0) is 20.3. The van der Waals surface area contributed by atoms with Crippen molar-refractivity contribution in [3.05, 3.63) is 71.7 Å². The van der Waals surface area contributed by atoms with Crippen LogP contribution in [0, 0.1) is 39.9 Å². The Bertz CT molecular complexity index is 958. The minimum atomic E-state index is -2.17. The van der Waals surface area contributed by atoms with Crippen LogP contribution in [0.3, 0.4) is 0 Å². The fraction of sp³-hybridized carbons (Fsp3) is 0. The van der Waals surface area contributed by atoms with Crippen molar-refractivity contribution in [3.8, 4) is 0 Å². The van der Waals surface area contributed by atoms with Gasteiger partial charge in [-0.3, -0.25) is 0 Å². The summed E-state index contributed by atoms with van der Waals surface area (Å²) in [6, 6.07) is 13.3. The van der Waals surface area contributed by atoms with Crippen molar-refractivity contribution >= 4 is 42.1 Å². The number of carboxylic acid groups (broad SMARTS) is 3. The molecule has 3 N–H and O–H groups in total. The van der Waals surface area contributed by atoms with E-state index >= 15 is 0 Å². The number of pyridine rings is 3. The molecule has 0 spiro atoms. The zero-order valence-electron chi connectivity index (χ0n) is 14.5. The van der Waals surface area contributed by atoms with Gasteiger partial charge in [0.2, 0.25) is 0 Å². The molecule has 0 bridgehead atoms. The third-order valence-corrected chi connectivity index (χ3v) is 6.05. The van der Waals surface area contributed by atoms with Crippen LogP contribution in [0.1, 0.15) is 31.5 Å². The van der Waals surface area contributed by atoms with Crippen molar-refractivity contribution in [2.75, 3.05) is 0 Å². The van der Waals surface area contributed by atoms with Crippen LogP contribution in [0.25, 0.3) is 0 Å². The van der Waals surface area contributed by atoms with Gasteiger partial charge < -0.3 is 15.3 Å². The Kier molecular flexibility index (Phi) is 7.81. The molecule has 0 amide bonds. The van der Waals surface area contributed by atoms with Gasteiger partial charge in [0, 0.05) is 58.1 Å². The molecule has 0 unspecified atom stereocenters. The largest absolute Gasteiger partial charge is 0.477 e. The van der Waals surface area contributed by atoms with Crippen LogP contribution in [0.15, 0.2) is 54.6 Å². The van der Waals surface area contributed by atoms with Gasteiger partial charge in [-0.2, -0.15) is 0 Å². The summed E-state index contributed by atoms with van der Waals surface area (Å²) in [6.07, 6.45) is 0. The molecule has 0 aliphatic rings. The molecule has 0 aromatic carbocycles. The zero-order valence-corrected chi connectivity index (χ0v) is 17.7. The van der Waals surface area contributed by atoms with Gasteiger partial charge in [0.25, 0.3) is 0 Å². The summed E-state index contributed by atoms with van der Waals surface area (Å²) in [4.78, 5) is 46.3. The van der Waals surface area contributed by atoms with Crippen LogP contribution in [-0.2, 0) is 0 Å². The maximum atomic E-state index is 11.3. The van der Waals surface area contributed by atoms with E-state index in [0.717, 1.165) is 0 Å². The van der Waals surface area contributed by atoms with E-state index in [0.29, 0.717) is 16.3 Å². The number of carbonyl (C=O) groups is 3. The van der Waals surface area contributed by atoms with Crippen LogP contribution < -0.4 is 16.3 Å². The van der Waals surface area contributed by atoms with Crippen LogP contribution in [0.2, 0.25) is 0 Å². The van der Waals surface area contributed by atoms with Crippen molar-refractivity contribution in [3.63, 3.8) is 0 Å². The number of nitrogens with zero attached hydrogens (tertiary/aromatic N) is 3. The second-order valence-corrected chi connectivity index (χ2v) is 7.80. The maximum absolute atomic E-state index is 11.3. The number of hydrogen-bond donors (Lipinski definition) is 3. The Morgan fingerprint density at radius 1 is 0.586 bits per heavy atom. The number of carboxylic acids is 3. The summed E-state index contributed by atoms with van der Waals surface area (Å²) in [5.41, 5.74) is 0.455. The van der Waals surface area contributed by atoms with Gasteiger partial charge >= 0.3 is 17.9 Å². The molecule has 0 aliphatic carbocycles. The molecular formula is C18H13GdN3O6P+. The van der Waals surface area contributed by atoms with Crippen LogP contribution in [0.4, 0.5) is 0 Å². The van der Waals surface area contributed by atoms with Gasteiger partial charge in [-0.25, -0.2) is 29.3 Å². The smallest absolute Gasteiger partial charge is 0.354 e. The third-order valence-electron chi connectivity index (χ3n) is 3.67. The topological polar surface area (TPSA) is 151 Å². The van der Waals surface area contributed by atoms with Crippen molar-refractivity contribution in [2.24, 2.45) is 0 Å². The van der Waals surface area contributed by atoms with Crippen molar-refractivity contribution in [2.45, 2.75) is 0 Å². The van der Waals surface area contributed by atoms with E-state index in [4.69, 9.17) is 0 Å². The molecule has 11 heteroatoms. The molecule has 0 fully saturated rings. The Hall–Kier alpha value is -2.39. The maximum Gasteiger partial charge on any atom is 0.354 e. The van der Waals surface area contributed by atoms with E-state index in [9.17, 15) is 29.7 Å². The van der Waals surface area contributed by atoms with Gasteiger partial charge in [0.15, 0.2) is 41.3 Å². The summed E-state index contributed by atoms with van der Waals surface area (Å²) < 4.78 is 0. The van der Waals surface area contributed by atoms with Gasteiger partial charge in [0.05, 0.1) is 0 Å². The fourth-order valence-electron chi connectivity index (χ4n) is 2.47. The molecule has 148 valence electrons. The van der Waals surface area contributed by atoms with Gasteiger partial charge in [-0.15, -0.1) is 0 Å². The average Bonchev–Trinajstić information content (AvgIpc) is 2.69. The van der Waals surface area contributed by atoms with E-state index < -0.39 is 25.8 Å². The molecule has 0 saturated carbocycles. The first-order valence-electron chi connectivity index (χ1n) is 7.86.